The van der Waals surface area contributed by atoms with Gasteiger partial charge in [-0.05, 0) is 55.4 Å². The van der Waals surface area contributed by atoms with Crippen LogP contribution in [0.5, 0.6) is 11.5 Å². The standard InChI is InChI=1S/C23H28N4O4/c1-26(2)19(16-5-6-18-17(11-16)8-9-27(18)3)13-25-23(29)22(28)24-12-15-4-7-20-21(10-15)31-14-30-20/h4-7,10-11,19H,8-9,12-14H2,1-3H3,(H,24,28)(H,25,29)/t19-/m0/s1. The highest BCUT2D eigenvalue weighted by Crippen LogP contribution is 2.32. The van der Waals surface area contributed by atoms with Gasteiger partial charge in [-0.3, -0.25) is 9.59 Å². The fourth-order valence-electron chi connectivity index (χ4n) is 3.98. The van der Waals surface area contributed by atoms with E-state index in [1.165, 1.54) is 11.3 Å². The fraction of sp³-hybridized carbons (Fsp3) is 0.391. The minimum Gasteiger partial charge on any atom is -0.454 e. The molecule has 0 aromatic heterocycles. The van der Waals surface area contributed by atoms with E-state index in [9.17, 15) is 9.59 Å². The van der Waals surface area contributed by atoms with Crippen molar-refractivity contribution in [3.63, 3.8) is 0 Å². The summed E-state index contributed by atoms with van der Waals surface area (Å²) < 4.78 is 10.6. The highest BCUT2D eigenvalue weighted by atomic mass is 16.7. The summed E-state index contributed by atoms with van der Waals surface area (Å²) >= 11 is 0. The van der Waals surface area contributed by atoms with Crippen LogP contribution < -0.4 is 25.0 Å². The fourth-order valence-corrected chi connectivity index (χ4v) is 3.98. The van der Waals surface area contributed by atoms with Crippen LogP contribution in [0.1, 0.15) is 22.7 Å². The molecule has 8 nitrogen and oxygen atoms in total. The van der Waals surface area contributed by atoms with Crippen molar-refractivity contribution >= 4 is 17.5 Å². The molecule has 2 aromatic rings. The van der Waals surface area contributed by atoms with E-state index in [1.807, 2.05) is 25.1 Å². The van der Waals surface area contributed by atoms with E-state index in [2.05, 4.69) is 40.8 Å². The zero-order chi connectivity index (χ0) is 22.0. The molecular weight excluding hydrogens is 396 g/mol. The zero-order valence-electron chi connectivity index (χ0n) is 18.1. The number of anilines is 1. The topological polar surface area (TPSA) is 83.1 Å². The average molecular weight is 425 g/mol. The van der Waals surface area contributed by atoms with Gasteiger partial charge in [0.05, 0.1) is 6.04 Å². The largest absolute Gasteiger partial charge is 0.454 e. The Morgan fingerprint density at radius 3 is 2.65 bits per heavy atom. The molecule has 4 rings (SSSR count). The molecule has 2 aliphatic heterocycles. The second-order valence-electron chi connectivity index (χ2n) is 8.12. The molecule has 2 amide bonds. The number of ether oxygens (including phenoxy) is 2. The summed E-state index contributed by atoms with van der Waals surface area (Å²) in [6, 6.07) is 11.8. The number of amides is 2. The van der Waals surface area contributed by atoms with Crippen LogP contribution in [0.25, 0.3) is 0 Å². The van der Waals surface area contributed by atoms with Gasteiger partial charge in [0.1, 0.15) is 0 Å². The second-order valence-corrected chi connectivity index (χ2v) is 8.12. The zero-order valence-corrected chi connectivity index (χ0v) is 18.1. The van der Waals surface area contributed by atoms with Crippen LogP contribution in [0.3, 0.4) is 0 Å². The van der Waals surface area contributed by atoms with Crippen molar-refractivity contribution in [1.82, 2.24) is 15.5 Å². The Bertz CT molecular complexity index is 992. The second kappa shape index (κ2) is 8.85. The Morgan fingerprint density at radius 2 is 1.84 bits per heavy atom. The maximum absolute atomic E-state index is 12.3. The number of carbonyl (C=O) groups is 2. The normalized spacial score (nSPS) is 15.0. The van der Waals surface area contributed by atoms with Gasteiger partial charge in [-0.15, -0.1) is 0 Å². The van der Waals surface area contributed by atoms with E-state index >= 15 is 0 Å². The van der Waals surface area contributed by atoms with Crippen molar-refractivity contribution in [3.05, 3.63) is 53.1 Å². The third-order valence-corrected chi connectivity index (χ3v) is 5.79. The predicted octanol–water partition coefficient (Wildman–Crippen LogP) is 1.44. The van der Waals surface area contributed by atoms with Gasteiger partial charge in [0.2, 0.25) is 6.79 Å². The molecule has 0 saturated carbocycles. The van der Waals surface area contributed by atoms with Gasteiger partial charge in [0.15, 0.2) is 11.5 Å². The number of nitrogens with one attached hydrogen (secondary N) is 2. The van der Waals surface area contributed by atoms with Gasteiger partial charge in [0.25, 0.3) is 0 Å². The molecule has 0 radical (unpaired) electrons. The number of fused-ring (bicyclic) bond motifs is 2. The number of nitrogens with zero attached hydrogens (tertiary/aromatic N) is 2. The molecule has 2 heterocycles. The number of likely N-dealkylation sites (N-methyl/N-ethyl adjacent to an activating group) is 2. The summed E-state index contributed by atoms with van der Waals surface area (Å²) in [6.45, 7) is 1.80. The molecular formula is C23H28N4O4. The first-order valence-corrected chi connectivity index (χ1v) is 10.4. The Morgan fingerprint density at radius 1 is 1.06 bits per heavy atom. The molecule has 2 N–H and O–H groups in total. The van der Waals surface area contributed by atoms with Crippen molar-refractivity contribution in [2.45, 2.75) is 19.0 Å². The molecule has 2 aliphatic rings. The van der Waals surface area contributed by atoms with E-state index in [0.717, 1.165) is 24.1 Å². The summed E-state index contributed by atoms with van der Waals surface area (Å²) in [4.78, 5) is 28.9. The van der Waals surface area contributed by atoms with Crippen molar-refractivity contribution in [2.24, 2.45) is 0 Å². The molecule has 0 unspecified atom stereocenters. The van der Waals surface area contributed by atoms with Crippen molar-refractivity contribution in [1.29, 1.82) is 0 Å². The van der Waals surface area contributed by atoms with Crippen molar-refractivity contribution < 1.29 is 19.1 Å². The minimum absolute atomic E-state index is 0.0261. The van der Waals surface area contributed by atoms with Gasteiger partial charge < -0.3 is 29.9 Å². The molecule has 0 spiro atoms. The summed E-state index contributed by atoms with van der Waals surface area (Å²) in [5.74, 6) is 0.0190. The lowest BCUT2D eigenvalue weighted by Gasteiger charge is -2.26. The average Bonchev–Trinajstić information content (AvgIpc) is 3.37. The van der Waals surface area contributed by atoms with Crippen molar-refractivity contribution in [3.8, 4) is 11.5 Å². The molecule has 164 valence electrons. The first kappa shape index (κ1) is 21.0. The summed E-state index contributed by atoms with van der Waals surface area (Å²) in [6.07, 6.45) is 1.02. The van der Waals surface area contributed by atoms with Crippen LogP contribution in [0.2, 0.25) is 0 Å². The number of carbonyl (C=O) groups excluding carboxylic acids is 2. The van der Waals surface area contributed by atoms with Crippen LogP contribution in [0, 0.1) is 0 Å². The van der Waals surface area contributed by atoms with Crippen LogP contribution in [0.4, 0.5) is 5.69 Å². The highest BCUT2D eigenvalue weighted by Gasteiger charge is 2.22. The smallest absolute Gasteiger partial charge is 0.309 e. The summed E-state index contributed by atoms with van der Waals surface area (Å²) in [5, 5.41) is 5.42. The molecule has 31 heavy (non-hydrogen) atoms. The van der Waals surface area contributed by atoms with Gasteiger partial charge >= 0.3 is 11.8 Å². The van der Waals surface area contributed by atoms with Gasteiger partial charge in [0, 0.05) is 32.4 Å². The highest BCUT2D eigenvalue weighted by molar-refractivity contribution is 6.35. The van der Waals surface area contributed by atoms with Crippen LogP contribution in [-0.4, -0.2) is 57.7 Å². The Labute approximate surface area is 182 Å². The summed E-state index contributed by atoms with van der Waals surface area (Å²) in [5.41, 5.74) is 4.53. The van der Waals surface area contributed by atoms with Crippen molar-refractivity contribution in [2.75, 3.05) is 45.9 Å². The third-order valence-electron chi connectivity index (χ3n) is 5.79. The molecule has 0 aliphatic carbocycles. The van der Waals surface area contributed by atoms with E-state index < -0.39 is 11.8 Å². The Kier molecular flexibility index (Phi) is 5.99. The van der Waals surface area contributed by atoms with E-state index in [-0.39, 0.29) is 19.4 Å². The van der Waals surface area contributed by atoms with E-state index in [4.69, 9.17) is 9.47 Å². The maximum Gasteiger partial charge on any atom is 0.309 e. The minimum atomic E-state index is -0.661. The number of benzene rings is 2. The molecule has 0 saturated heterocycles. The van der Waals surface area contributed by atoms with E-state index in [1.54, 1.807) is 12.1 Å². The number of hydrogen-bond acceptors (Lipinski definition) is 6. The van der Waals surface area contributed by atoms with E-state index in [0.29, 0.717) is 18.0 Å². The first-order valence-electron chi connectivity index (χ1n) is 10.4. The Hall–Kier alpha value is -3.26. The lowest BCUT2D eigenvalue weighted by molar-refractivity contribution is -0.139. The van der Waals surface area contributed by atoms with Gasteiger partial charge in [-0.2, -0.15) is 0 Å². The molecule has 0 bridgehead atoms. The van der Waals surface area contributed by atoms with Crippen LogP contribution in [-0.2, 0) is 22.6 Å². The first-order chi connectivity index (χ1) is 14.9. The SMILES string of the molecule is CN1CCc2cc([C@H](CNC(=O)C(=O)NCc3ccc4c(c3)OCO4)N(C)C)ccc21. The van der Waals surface area contributed by atoms with Gasteiger partial charge in [-0.1, -0.05) is 18.2 Å². The quantitative estimate of drug-likeness (QED) is 0.683. The Balaban J connectivity index is 1.32. The maximum atomic E-state index is 12.3. The number of hydrogen-bond donors (Lipinski definition) is 2. The predicted molar refractivity (Wildman–Crippen MR) is 117 cm³/mol. The monoisotopic (exact) mass is 424 g/mol. The van der Waals surface area contributed by atoms with Crippen LogP contribution >= 0.6 is 0 Å². The van der Waals surface area contributed by atoms with Crippen LogP contribution in [0.15, 0.2) is 36.4 Å². The number of rotatable bonds is 6. The lowest BCUT2D eigenvalue weighted by Crippen LogP contribution is -2.42. The lowest BCUT2D eigenvalue weighted by atomic mass is 10.0. The van der Waals surface area contributed by atoms with Gasteiger partial charge in [-0.25, -0.2) is 0 Å². The molecule has 8 heteroatoms. The molecule has 1 atom stereocenters. The molecule has 2 aromatic carbocycles. The third kappa shape index (κ3) is 4.59. The summed E-state index contributed by atoms with van der Waals surface area (Å²) in [7, 11) is 6.03. The molecule has 0 fully saturated rings.